The second-order valence-electron chi connectivity index (χ2n) is 0.556. The largest absolute Gasteiger partial charge is 0.232 e. The SMILES string of the molecule is [CH2]C[SH](=O)=O. The molecule has 0 spiro atoms. The molecule has 0 rings (SSSR count). The zero-order chi connectivity index (χ0) is 4.28. The molecule has 0 saturated heterocycles. The molecule has 0 N–H and O–H groups in total. The topological polar surface area (TPSA) is 34.1 Å². The third kappa shape index (κ3) is 3.95. The van der Waals surface area contributed by atoms with Crippen LogP contribution < -0.4 is 0 Å². The smallest absolute Gasteiger partial charge is 0.140 e. The Balaban J connectivity index is 3.23. The highest BCUT2D eigenvalue weighted by molar-refractivity contribution is 7.72. The molecule has 0 amide bonds. The predicted molar refractivity (Wildman–Crippen MR) is 20.5 cm³/mol. The lowest BCUT2D eigenvalue weighted by Crippen LogP contribution is -1.73. The first kappa shape index (κ1) is 4.95. The fraction of sp³-hybridized carbons (Fsp3) is 0.500. The summed E-state index contributed by atoms with van der Waals surface area (Å²) in [4.78, 5) is 0. The monoisotopic (exact) mass is 93.0 g/mol. The van der Waals surface area contributed by atoms with Crippen LogP contribution in [0.25, 0.3) is 0 Å². The van der Waals surface area contributed by atoms with Gasteiger partial charge < -0.3 is 0 Å². The first-order valence-electron chi connectivity index (χ1n) is 1.18. The van der Waals surface area contributed by atoms with Crippen molar-refractivity contribution in [3.63, 3.8) is 0 Å². The standard InChI is InChI=1S/C2H5O2S/c1-2-5(3)4/h5H,1-2H2. The van der Waals surface area contributed by atoms with Crippen LogP contribution in [0.15, 0.2) is 0 Å². The zero-order valence-electron chi connectivity index (χ0n) is 2.68. The van der Waals surface area contributed by atoms with Crippen LogP contribution >= 0.6 is 0 Å². The van der Waals surface area contributed by atoms with E-state index in [1.54, 1.807) is 0 Å². The molecule has 0 aliphatic rings. The minimum Gasteiger partial charge on any atom is -0.232 e. The fourth-order valence-electron chi connectivity index (χ4n) is 0. The fourth-order valence-corrected chi connectivity index (χ4v) is 0. The Bertz CT molecular complexity index is 65.7. The summed E-state index contributed by atoms with van der Waals surface area (Å²) < 4.78 is 18.7. The van der Waals surface area contributed by atoms with Gasteiger partial charge in [-0.05, 0) is 6.92 Å². The molecule has 1 radical (unpaired) electrons. The summed E-state index contributed by atoms with van der Waals surface area (Å²) in [6.45, 7) is 3.09. The normalized spacial score (nSPS) is 9.20. The maximum absolute atomic E-state index is 9.34. The Hall–Kier alpha value is -0.0500. The van der Waals surface area contributed by atoms with Crippen LogP contribution in [0, 0.1) is 6.92 Å². The van der Waals surface area contributed by atoms with Gasteiger partial charge in [0.1, 0.15) is 10.7 Å². The molecule has 3 heteroatoms. The van der Waals surface area contributed by atoms with Crippen molar-refractivity contribution in [1.29, 1.82) is 0 Å². The molecule has 0 aliphatic carbocycles. The van der Waals surface area contributed by atoms with Crippen molar-refractivity contribution in [2.45, 2.75) is 0 Å². The Morgan fingerprint density at radius 3 is 1.80 bits per heavy atom. The molecular weight excluding hydrogens is 88.1 g/mol. The predicted octanol–water partition coefficient (Wildman–Crippen LogP) is -0.568. The molecule has 31 valence electrons. The molecule has 0 atom stereocenters. The van der Waals surface area contributed by atoms with Crippen molar-refractivity contribution in [1.82, 2.24) is 0 Å². The lowest BCUT2D eigenvalue weighted by Gasteiger charge is -1.59. The molecule has 0 saturated carbocycles. The van der Waals surface area contributed by atoms with Gasteiger partial charge in [-0.1, -0.05) is 0 Å². The van der Waals surface area contributed by atoms with Crippen molar-refractivity contribution < 1.29 is 8.42 Å². The summed E-state index contributed by atoms with van der Waals surface area (Å²) in [5.74, 6) is 0.00926. The van der Waals surface area contributed by atoms with Crippen molar-refractivity contribution in [3.8, 4) is 0 Å². The van der Waals surface area contributed by atoms with Gasteiger partial charge in [0.25, 0.3) is 0 Å². The van der Waals surface area contributed by atoms with Gasteiger partial charge in [-0.15, -0.1) is 0 Å². The van der Waals surface area contributed by atoms with E-state index in [1.165, 1.54) is 0 Å². The highest BCUT2D eigenvalue weighted by atomic mass is 32.2. The molecule has 0 aromatic heterocycles. The third-order valence-corrected chi connectivity index (χ3v) is 0.548. The molecule has 0 aliphatic heterocycles. The molecule has 0 unspecified atom stereocenters. The number of hydrogen-bond acceptors (Lipinski definition) is 2. The first-order valence-corrected chi connectivity index (χ1v) is 2.54. The molecule has 0 fully saturated rings. The molecule has 0 aromatic rings. The second kappa shape index (κ2) is 2.20. The van der Waals surface area contributed by atoms with Crippen LogP contribution in [-0.4, -0.2) is 14.2 Å². The van der Waals surface area contributed by atoms with E-state index in [0.717, 1.165) is 0 Å². The molecule has 0 heterocycles. The molecular formula is C2H5O2S. The quantitative estimate of drug-likeness (QED) is 0.440. The van der Waals surface area contributed by atoms with Gasteiger partial charge >= 0.3 is 0 Å². The first-order chi connectivity index (χ1) is 2.27. The molecule has 0 aromatic carbocycles. The van der Waals surface area contributed by atoms with Gasteiger partial charge in [0, 0.05) is 5.75 Å². The summed E-state index contributed by atoms with van der Waals surface area (Å²) in [7, 11) is -2.21. The Labute approximate surface area is 32.8 Å². The van der Waals surface area contributed by atoms with E-state index in [2.05, 4.69) is 6.92 Å². The van der Waals surface area contributed by atoms with Crippen LogP contribution in [0.4, 0.5) is 0 Å². The summed E-state index contributed by atoms with van der Waals surface area (Å²) in [6, 6.07) is 0. The van der Waals surface area contributed by atoms with Crippen LogP contribution in [0.3, 0.4) is 0 Å². The van der Waals surface area contributed by atoms with Crippen molar-refractivity contribution in [2.24, 2.45) is 0 Å². The Kier molecular flexibility index (Phi) is 2.18. The van der Waals surface area contributed by atoms with Crippen molar-refractivity contribution in [3.05, 3.63) is 6.92 Å². The number of hydrogen-bond donors (Lipinski definition) is 1. The summed E-state index contributed by atoms with van der Waals surface area (Å²) in [6.07, 6.45) is 0. The van der Waals surface area contributed by atoms with Crippen LogP contribution in [-0.2, 0) is 10.7 Å². The van der Waals surface area contributed by atoms with Crippen molar-refractivity contribution in [2.75, 3.05) is 5.75 Å². The maximum atomic E-state index is 9.34. The summed E-state index contributed by atoms with van der Waals surface area (Å²) in [5.41, 5.74) is 0. The van der Waals surface area contributed by atoms with Gasteiger partial charge in [-0.2, -0.15) is 0 Å². The highest BCUT2D eigenvalue weighted by Crippen LogP contribution is 1.52. The van der Waals surface area contributed by atoms with E-state index < -0.39 is 10.7 Å². The summed E-state index contributed by atoms with van der Waals surface area (Å²) in [5, 5.41) is 0. The van der Waals surface area contributed by atoms with Crippen LogP contribution in [0.2, 0.25) is 0 Å². The minimum atomic E-state index is -2.21. The zero-order valence-corrected chi connectivity index (χ0v) is 3.57. The average Bonchev–Trinajstić information content (AvgIpc) is 1.38. The van der Waals surface area contributed by atoms with E-state index in [0.29, 0.717) is 0 Å². The van der Waals surface area contributed by atoms with E-state index in [9.17, 15) is 8.42 Å². The lowest BCUT2D eigenvalue weighted by atomic mass is 11.0. The van der Waals surface area contributed by atoms with Crippen LogP contribution in [0.5, 0.6) is 0 Å². The van der Waals surface area contributed by atoms with E-state index in [4.69, 9.17) is 0 Å². The molecule has 5 heavy (non-hydrogen) atoms. The van der Waals surface area contributed by atoms with E-state index >= 15 is 0 Å². The Morgan fingerprint density at radius 1 is 1.60 bits per heavy atom. The minimum absolute atomic E-state index is 0.00926. The molecule has 2 nitrogen and oxygen atoms in total. The number of thiol groups is 1. The van der Waals surface area contributed by atoms with Gasteiger partial charge in [-0.3, -0.25) is 0 Å². The van der Waals surface area contributed by atoms with Crippen molar-refractivity contribution >= 4 is 10.7 Å². The summed E-state index contributed by atoms with van der Waals surface area (Å²) >= 11 is 0. The number of rotatable bonds is 1. The van der Waals surface area contributed by atoms with Crippen LogP contribution in [0.1, 0.15) is 0 Å². The maximum Gasteiger partial charge on any atom is 0.140 e. The lowest BCUT2D eigenvalue weighted by molar-refractivity contribution is 0.617. The Morgan fingerprint density at radius 2 is 1.80 bits per heavy atom. The van der Waals surface area contributed by atoms with E-state index in [1.807, 2.05) is 0 Å². The second-order valence-corrected chi connectivity index (χ2v) is 1.67. The van der Waals surface area contributed by atoms with Gasteiger partial charge in [-0.25, -0.2) is 8.42 Å². The highest BCUT2D eigenvalue weighted by Gasteiger charge is 1.66. The van der Waals surface area contributed by atoms with E-state index in [-0.39, 0.29) is 5.75 Å². The van der Waals surface area contributed by atoms with Gasteiger partial charge in [0.05, 0.1) is 0 Å². The average molecular weight is 93.1 g/mol. The van der Waals surface area contributed by atoms with Gasteiger partial charge in [0.2, 0.25) is 0 Å². The molecule has 0 bridgehead atoms. The third-order valence-electron chi connectivity index (χ3n) is 0.183. The van der Waals surface area contributed by atoms with Gasteiger partial charge in [0.15, 0.2) is 0 Å².